The second-order valence-corrected chi connectivity index (χ2v) is 15.8. The van der Waals surface area contributed by atoms with Crippen LogP contribution in [-0.4, -0.2) is 102 Å². The Balaban J connectivity index is 1.33. The van der Waals surface area contributed by atoms with E-state index in [0.29, 0.717) is 37.2 Å². The Morgan fingerprint density at radius 1 is 0.930 bits per heavy atom. The lowest BCUT2D eigenvalue weighted by Crippen LogP contribution is -2.61. The van der Waals surface area contributed by atoms with Gasteiger partial charge in [0, 0.05) is 33.5 Å². The Morgan fingerprint density at radius 2 is 1.65 bits per heavy atom. The van der Waals surface area contributed by atoms with E-state index < -0.39 is 54.5 Å². The highest BCUT2D eigenvalue weighted by atomic mass is 16.5. The molecule has 57 heavy (non-hydrogen) atoms. The molecule has 0 saturated heterocycles. The number of rotatable bonds is 12. The zero-order chi connectivity index (χ0) is 40.9. The molecule has 310 valence electrons. The van der Waals surface area contributed by atoms with Crippen molar-refractivity contribution in [2.24, 2.45) is 5.92 Å². The van der Waals surface area contributed by atoms with Gasteiger partial charge in [0.05, 0.1) is 19.2 Å². The lowest BCUT2D eigenvalue weighted by atomic mass is 9.82. The van der Waals surface area contributed by atoms with E-state index in [2.05, 4.69) is 21.3 Å². The van der Waals surface area contributed by atoms with Gasteiger partial charge in [0.25, 0.3) is 5.91 Å². The Kier molecular flexibility index (Phi) is 15.9. The summed E-state index contributed by atoms with van der Waals surface area (Å²) in [4.78, 5) is 84.4. The van der Waals surface area contributed by atoms with E-state index in [9.17, 15) is 33.9 Å². The van der Waals surface area contributed by atoms with Crippen LogP contribution in [0.5, 0.6) is 5.75 Å². The molecule has 14 nitrogen and oxygen atoms in total. The van der Waals surface area contributed by atoms with Crippen LogP contribution in [0.4, 0.5) is 0 Å². The minimum atomic E-state index is -1.72. The van der Waals surface area contributed by atoms with Crippen LogP contribution in [0.15, 0.2) is 48.5 Å². The van der Waals surface area contributed by atoms with Crippen LogP contribution in [0.3, 0.4) is 0 Å². The molecule has 2 aromatic rings. The fourth-order valence-corrected chi connectivity index (χ4v) is 8.08. The van der Waals surface area contributed by atoms with Crippen LogP contribution in [-0.2, 0) is 41.7 Å². The van der Waals surface area contributed by atoms with E-state index in [4.69, 9.17) is 4.74 Å². The average molecular weight is 789 g/mol. The molecule has 2 heterocycles. The van der Waals surface area contributed by atoms with Crippen LogP contribution in [0, 0.1) is 5.92 Å². The molecule has 2 aromatic carbocycles. The fraction of sp³-hybridized carbons (Fsp3) is 0.581. The summed E-state index contributed by atoms with van der Waals surface area (Å²) >= 11 is 0. The maximum atomic E-state index is 14.7. The van der Waals surface area contributed by atoms with Crippen molar-refractivity contribution in [2.45, 2.75) is 127 Å². The molecule has 0 aromatic heterocycles. The Labute approximate surface area is 335 Å². The normalized spacial score (nSPS) is 20.9. The maximum Gasteiger partial charge on any atom is 0.251 e. The van der Waals surface area contributed by atoms with E-state index in [1.807, 2.05) is 25.1 Å². The lowest BCUT2D eigenvalue weighted by molar-refractivity contribution is -0.147. The van der Waals surface area contributed by atoms with Crippen LogP contribution < -0.4 is 26.0 Å². The summed E-state index contributed by atoms with van der Waals surface area (Å²) in [6.07, 6.45) is 7.48. The fourth-order valence-electron chi connectivity index (χ4n) is 8.08. The first kappa shape index (κ1) is 43.1. The molecule has 14 heteroatoms. The zero-order valence-electron chi connectivity index (χ0n) is 33.6. The summed E-state index contributed by atoms with van der Waals surface area (Å²) in [7, 11) is 3.15. The highest BCUT2D eigenvalue weighted by Crippen LogP contribution is 2.32. The van der Waals surface area contributed by atoms with E-state index in [0.717, 1.165) is 62.5 Å². The van der Waals surface area contributed by atoms with Crippen molar-refractivity contribution in [3.05, 3.63) is 65.2 Å². The van der Waals surface area contributed by atoms with E-state index in [1.165, 1.54) is 4.90 Å². The molecule has 3 aliphatic rings. The van der Waals surface area contributed by atoms with Gasteiger partial charge in [-0.1, -0.05) is 81.8 Å². The summed E-state index contributed by atoms with van der Waals surface area (Å²) in [5, 5.41) is 22.3. The van der Waals surface area contributed by atoms with Crippen LogP contribution in [0.2, 0.25) is 0 Å². The van der Waals surface area contributed by atoms with E-state index >= 15 is 0 Å². The van der Waals surface area contributed by atoms with Crippen molar-refractivity contribution in [3.63, 3.8) is 0 Å². The largest absolute Gasteiger partial charge is 0.494 e. The van der Waals surface area contributed by atoms with Crippen LogP contribution in [0.1, 0.15) is 107 Å². The minimum Gasteiger partial charge on any atom is -0.494 e. The predicted octanol–water partition coefficient (Wildman–Crippen LogP) is 3.06. The van der Waals surface area contributed by atoms with Gasteiger partial charge in [-0.15, -0.1) is 0 Å². The number of aliphatic hydroxyl groups excluding tert-OH is 1. The summed E-state index contributed by atoms with van der Waals surface area (Å²) < 4.78 is 6.05. The van der Waals surface area contributed by atoms with Crippen molar-refractivity contribution >= 4 is 35.4 Å². The number of nitrogens with one attached hydrogen (secondary N) is 4. The average Bonchev–Trinajstić information content (AvgIpc) is 3.22. The minimum absolute atomic E-state index is 0.0617. The van der Waals surface area contributed by atoms with Gasteiger partial charge in [-0.05, 0) is 66.8 Å². The summed E-state index contributed by atoms with van der Waals surface area (Å²) in [6.45, 7) is 1.99. The molecule has 6 amide bonds. The van der Waals surface area contributed by atoms with Crippen LogP contribution in [0.25, 0.3) is 0 Å². The van der Waals surface area contributed by atoms with Crippen molar-refractivity contribution in [3.8, 4) is 5.75 Å². The number of likely N-dealkylation sites (N-methyl/N-ethyl adjacent to an activating group) is 1. The first-order valence-electron chi connectivity index (χ1n) is 20.6. The van der Waals surface area contributed by atoms with Gasteiger partial charge in [0.1, 0.15) is 23.9 Å². The van der Waals surface area contributed by atoms with Gasteiger partial charge < -0.3 is 40.9 Å². The SMILES string of the molecule is CCCC(NC(=O)[C@@H]1Cc2ccc3cc2CN1C(=O)[C@H](C1CCCCC1)NC(=O)CCCCCCO3)C(O)C(=O)NCC(=O)N[C@H](C(=O)N(C)C)c1ccccc1. The smallest absolute Gasteiger partial charge is 0.251 e. The molecular formula is C43H60N6O8. The third kappa shape index (κ3) is 11.8. The number of ether oxygens (including phenoxy) is 1. The predicted molar refractivity (Wildman–Crippen MR) is 213 cm³/mol. The number of hydrogen-bond acceptors (Lipinski definition) is 8. The molecule has 1 saturated carbocycles. The molecule has 1 aliphatic carbocycles. The molecule has 1 fully saturated rings. The Hall–Kier alpha value is -4.98. The number of carbonyl (C=O) groups excluding carboxylic acids is 6. The highest BCUT2D eigenvalue weighted by molar-refractivity contribution is 5.94. The molecule has 3 bridgehead atoms. The van der Waals surface area contributed by atoms with Gasteiger partial charge >= 0.3 is 0 Å². The number of amides is 6. The number of fused-ring (bicyclic) bond motifs is 2. The molecule has 2 unspecified atom stereocenters. The van der Waals surface area contributed by atoms with Crippen molar-refractivity contribution in [1.82, 2.24) is 31.1 Å². The Bertz CT molecular complexity index is 1710. The molecule has 5 N–H and O–H groups in total. The molecule has 5 atom stereocenters. The highest BCUT2D eigenvalue weighted by Gasteiger charge is 2.42. The first-order valence-corrected chi connectivity index (χ1v) is 20.6. The lowest BCUT2D eigenvalue weighted by Gasteiger charge is -2.41. The van der Waals surface area contributed by atoms with Gasteiger partial charge in [0.15, 0.2) is 6.10 Å². The third-order valence-electron chi connectivity index (χ3n) is 11.3. The third-order valence-corrected chi connectivity index (χ3v) is 11.3. The topological polar surface area (TPSA) is 186 Å². The number of carbonyl (C=O) groups is 6. The second-order valence-electron chi connectivity index (χ2n) is 15.8. The standard InChI is InChI=1S/C43H60N6O8/c1-4-15-33(39(52)41(54)44-26-36(51)47-37(42(55)48(2)3)28-16-9-7-10-17-28)45-40(53)34-25-30-21-22-32-24-31(30)27-49(34)43(56)38(29-18-11-8-12-19-29)46-35(50)20-13-5-6-14-23-57-32/h7,9-10,16-17,21-22,24,29,33-34,37-39,52H,4-6,8,11-15,18-20,23,25-27H2,1-3H3,(H,44,54)(H,45,53)(H,46,50)(H,47,51)/t33?,34-,37-,38-,39?/m0/s1. The summed E-state index contributed by atoms with van der Waals surface area (Å²) in [6, 6.07) is 10.7. The zero-order valence-corrected chi connectivity index (χ0v) is 33.6. The van der Waals surface area contributed by atoms with Gasteiger partial charge in [-0.2, -0.15) is 0 Å². The second kappa shape index (κ2) is 21.0. The van der Waals surface area contributed by atoms with Crippen LogP contribution >= 0.6 is 0 Å². The van der Waals surface area contributed by atoms with Crippen molar-refractivity contribution in [2.75, 3.05) is 27.2 Å². The molecular weight excluding hydrogens is 729 g/mol. The van der Waals surface area contributed by atoms with Gasteiger partial charge in [-0.3, -0.25) is 28.8 Å². The van der Waals surface area contributed by atoms with Crippen molar-refractivity contribution < 1.29 is 38.6 Å². The quantitative estimate of drug-likeness (QED) is 0.217. The summed E-state index contributed by atoms with van der Waals surface area (Å²) in [5.41, 5.74) is 2.31. The number of aliphatic hydroxyl groups is 1. The number of hydrogen-bond donors (Lipinski definition) is 5. The van der Waals surface area contributed by atoms with E-state index in [1.54, 1.807) is 49.3 Å². The number of benzene rings is 2. The first-order chi connectivity index (χ1) is 27.5. The van der Waals surface area contributed by atoms with Gasteiger partial charge in [0.2, 0.25) is 29.5 Å². The van der Waals surface area contributed by atoms with Gasteiger partial charge in [-0.25, -0.2) is 0 Å². The summed E-state index contributed by atoms with van der Waals surface area (Å²) in [5.74, 6) is -2.27. The molecule has 5 rings (SSSR count). The monoisotopic (exact) mass is 788 g/mol. The maximum absolute atomic E-state index is 14.7. The molecule has 0 radical (unpaired) electrons. The van der Waals surface area contributed by atoms with E-state index in [-0.39, 0.29) is 43.0 Å². The van der Waals surface area contributed by atoms with Crippen molar-refractivity contribution in [1.29, 1.82) is 0 Å². The number of nitrogens with zero attached hydrogens (tertiary/aromatic N) is 2. The molecule has 2 aliphatic heterocycles. The Morgan fingerprint density at radius 3 is 2.37 bits per heavy atom. The molecule has 0 spiro atoms.